The van der Waals surface area contributed by atoms with Gasteiger partial charge in [-0.15, -0.1) is 11.3 Å². The first-order chi connectivity index (χ1) is 13.8. The summed E-state index contributed by atoms with van der Waals surface area (Å²) in [5, 5.41) is 8.42. The van der Waals surface area contributed by atoms with Gasteiger partial charge in [0.05, 0.1) is 10.4 Å². The van der Waals surface area contributed by atoms with E-state index in [4.69, 9.17) is 4.98 Å². The van der Waals surface area contributed by atoms with Gasteiger partial charge in [0.15, 0.2) is 0 Å². The van der Waals surface area contributed by atoms with E-state index in [0.29, 0.717) is 5.95 Å². The molecule has 0 bridgehead atoms. The summed E-state index contributed by atoms with van der Waals surface area (Å²) < 4.78 is 1.06. The monoisotopic (exact) mass is 390 g/mol. The molecule has 1 aliphatic heterocycles. The van der Waals surface area contributed by atoms with E-state index in [9.17, 15) is 4.79 Å². The van der Waals surface area contributed by atoms with Crippen molar-refractivity contribution in [3.05, 3.63) is 53.8 Å². The van der Waals surface area contributed by atoms with Crippen molar-refractivity contribution in [1.29, 1.82) is 0 Å². The van der Waals surface area contributed by atoms with Gasteiger partial charge in [0.2, 0.25) is 5.95 Å². The number of fused-ring (bicyclic) bond motifs is 3. The van der Waals surface area contributed by atoms with Gasteiger partial charge in [-0.25, -0.2) is 9.97 Å². The lowest BCUT2D eigenvalue weighted by Crippen LogP contribution is -2.46. The van der Waals surface area contributed by atoms with Gasteiger partial charge in [0.1, 0.15) is 0 Å². The number of anilines is 2. The molecule has 4 heterocycles. The molecule has 1 fully saturated rings. The molecule has 0 aliphatic carbocycles. The Morgan fingerprint density at radius 1 is 1.14 bits per heavy atom. The third kappa shape index (κ3) is 3.17. The molecule has 0 unspecified atom stereocenters. The molecule has 1 aromatic carbocycles. The highest BCUT2D eigenvalue weighted by molar-refractivity contribution is 7.21. The Bertz CT molecular complexity index is 1150. The van der Waals surface area contributed by atoms with E-state index in [0.717, 1.165) is 57.7 Å². The molecule has 28 heavy (non-hydrogen) atoms. The van der Waals surface area contributed by atoms with Crippen LogP contribution in [-0.2, 0) is 0 Å². The highest BCUT2D eigenvalue weighted by Gasteiger charge is 2.20. The fourth-order valence-electron chi connectivity index (χ4n) is 3.36. The molecule has 0 saturated carbocycles. The molecule has 2 N–H and O–H groups in total. The van der Waals surface area contributed by atoms with E-state index in [1.165, 1.54) is 11.3 Å². The molecule has 1 amide bonds. The van der Waals surface area contributed by atoms with Crippen LogP contribution in [0.15, 0.2) is 48.9 Å². The Morgan fingerprint density at radius 3 is 2.79 bits per heavy atom. The lowest BCUT2D eigenvalue weighted by Gasteiger charge is -2.26. The van der Waals surface area contributed by atoms with Crippen molar-refractivity contribution < 1.29 is 4.79 Å². The zero-order valence-corrected chi connectivity index (χ0v) is 15.9. The second-order valence-corrected chi connectivity index (χ2v) is 7.71. The molecule has 4 aromatic rings. The highest BCUT2D eigenvalue weighted by Crippen LogP contribution is 2.32. The Kier molecular flexibility index (Phi) is 4.34. The second kappa shape index (κ2) is 7.14. The molecule has 140 valence electrons. The first-order valence-corrected chi connectivity index (χ1v) is 9.96. The van der Waals surface area contributed by atoms with Crippen LogP contribution in [0.5, 0.6) is 0 Å². The second-order valence-electron chi connectivity index (χ2n) is 6.62. The summed E-state index contributed by atoms with van der Waals surface area (Å²) in [6.45, 7) is 3.18. The molecule has 8 heteroatoms. The van der Waals surface area contributed by atoms with Crippen molar-refractivity contribution in [3.8, 4) is 0 Å². The summed E-state index contributed by atoms with van der Waals surface area (Å²) in [5.74, 6) is 0.618. The lowest BCUT2D eigenvalue weighted by atomic mass is 10.1. The maximum absolute atomic E-state index is 12.9. The van der Waals surface area contributed by atoms with Crippen LogP contribution >= 0.6 is 11.3 Å². The molecule has 1 saturated heterocycles. The van der Waals surface area contributed by atoms with E-state index < -0.39 is 0 Å². The number of piperazine rings is 1. The number of hydrogen-bond donors (Lipinski definition) is 2. The van der Waals surface area contributed by atoms with Gasteiger partial charge in [-0.3, -0.25) is 9.78 Å². The Labute approximate surface area is 165 Å². The minimum absolute atomic E-state index is 0.0973. The van der Waals surface area contributed by atoms with Crippen LogP contribution in [0.25, 0.3) is 21.0 Å². The normalized spacial score (nSPS) is 14.5. The standard InChI is InChI=1S/C20H18N6OS/c27-19(26-9-7-22-8-10-26)17-11-15-16(28-17)2-1-13-12-23-20(25-18(13)15)24-14-3-5-21-6-4-14/h1-6,11-12,22H,7-10H2,(H,21,23,24,25). The number of carbonyl (C=O) groups excluding carboxylic acids is 1. The van der Waals surface area contributed by atoms with Crippen molar-refractivity contribution in [2.75, 3.05) is 31.5 Å². The van der Waals surface area contributed by atoms with E-state index in [1.54, 1.807) is 18.6 Å². The average Bonchev–Trinajstić information content (AvgIpc) is 3.19. The van der Waals surface area contributed by atoms with Crippen molar-refractivity contribution in [2.24, 2.45) is 0 Å². The number of thiophene rings is 1. The van der Waals surface area contributed by atoms with Gasteiger partial charge in [0, 0.05) is 65.9 Å². The number of carbonyl (C=O) groups is 1. The number of nitrogens with one attached hydrogen (secondary N) is 2. The van der Waals surface area contributed by atoms with Crippen molar-refractivity contribution in [1.82, 2.24) is 25.2 Å². The number of rotatable bonds is 3. The van der Waals surface area contributed by atoms with E-state index in [2.05, 4.69) is 20.6 Å². The molecule has 0 radical (unpaired) electrons. The zero-order chi connectivity index (χ0) is 18.9. The minimum atomic E-state index is 0.0973. The summed E-state index contributed by atoms with van der Waals surface area (Å²) >= 11 is 1.52. The highest BCUT2D eigenvalue weighted by atomic mass is 32.1. The number of hydrogen-bond acceptors (Lipinski definition) is 7. The van der Waals surface area contributed by atoms with Crippen molar-refractivity contribution in [3.63, 3.8) is 0 Å². The summed E-state index contributed by atoms with van der Waals surface area (Å²) in [7, 11) is 0. The van der Waals surface area contributed by atoms with Gasteiger partial charge in [-0.2, -0.15) is 0 Å². The topological polar surface area (TPSA) is 83.0 Å². The van der Waals surface area contributed by atoms with E-state index >= 15 is 0 Å². The quantitative estimate of drug-likeness (QED) is 0.560. The molecule has 1 aliphatic rings. The molecule has 3 aromatic heterocycles. The minimum Gasteiger partial charge on any atom is -0.335 e. The van der Waals surface area contributed by atoms with Crippen molar-refractivity contribution in [2.45, 2.75) is 0 Å². The number of benzene rings is 1. The van der Waals surface area contributed by atoms with Gasteiger partial charge in [0.25, 0.3) is 5.91 Å². The van der Waals surface area contributed by atoms with Crippen LogP contribution in [-0.4, -0.2) is 51.9 Å². The molecular formula is C20H18N6OS. The fourth-order valence-corrected chi connectivity index (χ4v) is 4.39. The SMILES string of the molecule is O=C(c1cc2c(ccc3cnc(Nc4ccncc4)nc32)s1)N1CCNCC1. The Morgan fingerprint density at radius 2 is 1.96 bits per heavy atom. The third-order valence-electron chi connectivity index (χ3n) is 4.80. The van der Waals surface area contributed by atoms with Gasteiger partial charge in [-0.05, 0) is 30.3 Å². The predicted octanol–water partition coefficient (Wildman–Crippen LogP) is 3.03. The molecular weight excluding hydrogens is 372 g/mol. The van der Waals surface area contributed by atoms with E-state index in [1.807, 2.05) is 35.2 Å². The first-order valence-electron chi connectivity index (χ1n) is 9.14. The van der Waals surface area contributed by atoms with Gasteiger partial charge >= 0.3 is 0 Å². The number of amides is 1. The number of aromatic nitrogens is 3. The summed E-state index contributed by atoms with van der Waals surface area (Å²) in [5.41, 5.74) is 1.72. The molecule has 7 nitrogen and oxygen atoms in total. The van der Waals surface area contributed by atoms with Crippen LogP contribution in [0.4, 0.5) is 11.6 Å². The summed E-state index contributed by atoms with van der Waals surface area (Å²) in [6.07, 6.45) is 5.24. The molecule has 0 atom stereocenters. The van der Waals surface area contributed by atoms with Crippen LogP contribution in [0.1, 0.15) is 9.67 Å². The van der Waals surface area contributed by atoms with Crippen molar-refractivity contribution >= 4 is 49.9 Å². The summed E-state index contributed by atoms with van der Waals surface area (Å²) in [6, 6.07) is 9.74. The first kappa shape index (κ1) is 17.0. The molecule has 5 rings (SSSR count). The average molecular weight is 390 g/mol. The maximum atomic E-state index is 12.9. The van der Waals surface area contributed by atoms with Crippen LogP contribution < -0.4 is 10.6 Å². The third-order valence-corrected chi connectivity index (χ3v) is 5.89. The fraction of sp³-hybridized carbons (Fsp3) is 0.200. The van der Waals surface area contributed by atoms with E-state index in [-0.39, 0.29) is 5.91 Å². The Hall–Kier alpha value is -3.10. The van der Waals surface area contributed by atoms with Gasteiger partial charge in [-0.1, -0.05) is 0 Å². The van der Waals surface area contributed by atoms with Crippen LogP contribution in [0.3, 0.4) is 0 Å². The number of pyridine rings is 1. The molecule has 0 spiro atoms. The summed E-state index contributed by atoms with van der Waals surface area (Å²) in [4.78, 5) is 28.7. The number of nitrogens with zero attached hydrogens (tertiary/aromatic N) is 4. The van der Waals surface area contributed by atoms with Crippen LogP contribution in [0, 0.1) is 0 Å². The largest absolute Gasteiger partial charge is 0.335 e. The smallest absolute Gasteiger partial charge is 0.264 e. The zero-order valence-electron chi connectivity index (χ0n) is 15.1. The predicted molar refractivity (Wildman–Crippen MR) is 111 cm³/mol. The maximum Gasteiger partial charge on any atom is 0.264 e. The van der Waals surface area contributed by atoms with Gasteiger partial charge < -0.3 is 15.5 Å². The Balaban J connectivity index is 1.53. The van der Waals surface area contributed by atoms with Crippen LogP contribution in [0.2, 0.25) is 0 Å². The lowest BCUT2D eigenvalue weighted by molar-refractivity contribution is 0.0741.